The first-order valence-corrected chi connectivity index (χ1v) is 11.7. The highest BCUT2D eigenvalue weighted by atomic mass is 19.1. The highest BCUT2D eigenvalue weighted by Gasteiger charge is 2.14. The summed E-state index contributed by atoms with van der Waals surface area (Å²) in [6.45, 7) is 7.41. The van der Waals surface area contributed by atoms with Crippen LogP contribution in [-0.4, -0.2) is 19.6 Å². The number of aliphatic imine (C=N–C) groups is 1. The average molecular weight is 461 g/mol. The average Bonchev–Trinajstić information content (AvgIpc) is 2.86. The summed E-state index contributed by atoms with van der Waals surface area (Å²) in [5.74, 6) is 2.10. The van der Waals surface area contributed by atoms with E-state index in [1.165, 1.54) is 12.1 Å². The summed E-state index contributed by atoms with van der Waals surface area (Å²) in [7, 11) is 1.66. The largest absolute Gasteiger partial charge is 0.496 e. The van der Waals surface area contributed by atoms with Crippen molar-refractivity contribution in [1.29, 1.82) is 0 Å². The van der Waals surface area contributed by atoms with Gasteiger partial charge in [-0.2, -0.15) is 0 Å². The molecule has 0 radical (unpaired) electrons. The molecule has 178 valence electrons. The Bertz CT molecular complexity index is 1120. The van der Waals surface area contributed by atoms with Crippen molar-refractivity contribution in [2.24, 2.45) is 4.99 Å². The SMILES string of the molecule is CC/C=C/NC(=NCc1ccc(OCCC)cc1)c1cc(-c2ccc(F)cc2)cc(OC)c1C. The molecule has 0 aliphatic carbocycles. The third-order valence-corrected chi connectivity index (χ3v) is 5.40. The Balaban J connectivity index is 1.97. The molecule has 0 saturated carbocycles. The third kappa shape index (κ3) is 6.70. The van der Waals surface area contributed by atoms with Crippen LogP contribution in [-0.2, 0) is 6.54 Å². The molecule has 0 amide bonds. The van der Waals surface area contributed by atoms with Crippen LogP contribution < -0.4 is 14.8 Å². The summed E-state index contributed by atoms with van der Waals surface area (Å²) in [6.07, 6.45) is 5.85. The van der Waals surface area contributed by atoms with Gasteiger partial charge in [0.2, 0.25) is 0 Å². The maximum Gasteiger partial charge on any atom is 0.133 e. The third-order valence-electron chi connectivity index (χ3n) is 5.40. The number of nitrogens with one attached hydrogen (secondary N) is 1. The van der Waals surface area contributed by atoms with Crippen molar-refractivity contribution < 1.29 is 13.9 Å². The Labute approximate surface area is 202 Å². The predicted octanol–water partition coefficient (Wildman–Crippen LogP) is 7.06. The maximum atomic E-state index is 13.5. The Kier molecular flexibility index (Phi) is 9.27. The van der Waals surface area contributed by atoms with Crippen molar-refractivity contribution in [2.45, 2.75) is 40.2 Å². The molecule has 4 nitrogen and oxygen atoms in total. The minimum atomic E-state index is -0.261. The molecule has 3 aromatic rings. The molecule has 34 heavy (non-hydrogen) atoms. The number of nitrogens with zero attached hydrogens (tertiary/aromatic N) is 1. The first-order valence-electron chi connectivity index (χ1n) is 11.7. The zero-order valence-electron chi connectivity index (χ0n) is 20.4. The van der Waals surface area contributed by atoms with Crippen LogP contribution in [0.5, 0.6) is 11.5 Å². The lowest BCUT2D eigenvalue weighted by molar-refractivity contribution is 0.317. The molecule has 3 aromatic carbocycles. The van der Waals surface area contributed by atoms with Crippen LogP contribution in [0.1, 0.15) is 43.4 Å². The number of amidine groups is 1. The number of rotatable bonds is 10. The van der Waals surface area contributed by atoms with Gasteiger partial charge in [-0.1, -0.05) is 44.2 Å². The van der Waals surface area contributed by atoms with Crippen LogP contribution in [0.3, 0.4) is 0 Å². The smallest absolute Gasteiger partial charge is 0.133 e. The first kappa shape index (κ1) is 25.0. The number of hydrogen-bond acceptors (Lipinski definition) is 3. The zero-order valence-corrected chi connectivity index (χ0v) is 20.4. The molecule has 0 fully saturated rings. The summed E-state index contributed by atoms with van der Waals surface area (Å²) in [5, 5.41) is 3.36. The molecule has 0 spiro atoms. The summed E-state index contributed by atoms with van der Waals surface area (Å²) in [4.78, 5) is 4.91. The van der Waals surface area contributed by atoms with Crippen LogP contribution >= 0.6 is 0 Å². The van der Waals surface area contributed by atoms with Crippen molar-refractivity contribution in [2.75, 3.05) is 13.7 Å². The van der Waals surface area contributed by atoms with Crippen molar-refractivity contribution in [3.8, 4) is 22.6 Å². The first-order chi connectivity index (χ1) is 16.5. The lowest BCUT2D eigenvalue weighted by atomic mass is 9.98. The number of ether oxygens (including phenoxy) is 2. The van der Waals surface area contributed by atoms with Gasteiger partial charge in [-0.25, -0.2) is 4.39 Å². The fraction of sp³-hybridized carbons (Fsp3) is 0.276. The van der Waals surface area contributed by atoms with Crippen molar-refractivity contribution in [3.63, 3.8) is 0 Å². The van der Waals surface area contributed by atoms with Gasteiger partial charge in [0.15, 0.2) is 0 Å². The number of benzene rings is 3. The number of hydrogen-bond donors (Lipinski definition) is 1. The molecule has 1 N–H and O–H groups in total. The fourth-order valence-electron chi connectivity index (χ4n) is 3.50. The number of methoxy groups -OCH3 is 1. The van der Waals surface area contributed by atoms with Crippen LogP contribution in [0.25, 0.3) is 11.1 Å². The second-order valence-electron chi connectivity index (χ2n) is 7.97. The molecular weight excluding hydrogens is 427 g/mol. The Morgan fingerprint density at radius 1 is 1.00 bits per heavy atom. The van der Waals surface area contributed by atoms with Crippen LogP contribution in [0.2, 0.25) is 0 Å². The number of allylic oxidation sites excluding steroid dienone is 1. The van der Waals surface area contributed by atoms with E-state index in [0.717, 1.165) is 58.0 Å². The predicted molar refractivity (Wildman–Crippen MR) is 138 cm³/mol. The summed E-state index contributed by atoms with van der Waals surface area (Å²) >= 11 is 0. The molecule has 0 aliphatic rings. The molecule has 0 aromatic heterocycles. The van der Waals surface area contributed by atoms with Gasteiger partial charge >= 0.3 is 0 Å². The van der Waals surface area contributed by atoms with Crippen LogP contribution in [0.15, 0.2) is 77.9 Å². The lowest BCUT2D eigenvalue weighted by Crippen LogP contribution is -2.20. The normalized spacial score (nSPS) is 11.6. The van der Waals surface area contributed by atoms with E-state index in [0.29, 0.717) is 13.2 Å². The summed E-state index contributed by atoms with van der Waals surface area (Å²) < 4.78 is 24.8. The summed E-state index contributed by atoms with van der Waals surface area (Å²) in [5.41, 5.74) is 4.84. The van der Waals surface area contributed by atoms with E-state index in [1.54, 1.807) is 19.2 Å². The van der Waals surface area contributed by atoms with E-state index in [2.05, 4.69) is 25.2 Å². The monoisotopic (exact) mass is 460 g/mol. The molecule has 0 saturated heterocycles. The zero-order chi connectivity index (χ0) is 24.3. The minimum Gasteiger partial charge on any atom is -0.496 e. The Morgan fingerprint density at radius 3 is 2.38 bits per heavy atom. The second kappa shape index (κ2) is 12.6. The van der Waals surface area contributed by atoms with E-state index in [4.69, 9.17) is 14.5 Å². The maximum absolute atomic E-state index is 13.5. The molecule has 0 atom stereocenters. The molecular formula is C29H33FN2O2. The molecule has 0 aliphatic heterocycles. The van der Waals surface area contributed by atoms with Crippen molar-refractivity contribution >= 4 is 5.84 Å². The van der Waals surface area contributed by atoms with E-state index in [9.17, 15) is 4.39 Å². The highest BCUT2D eigenvalue weighted by Crippen LogP contribution is 2.30. The van der Waals surface area contributed by atoms with E-state index in [1.807, 2.05) is 49.5 Å². The molecule has 0 unspecified atom stereocenters. The van der Waals surface area contributed by atoms with Crippen LogP contribution in [0.4, 0.5) is 4.39 Å². The fourth-order valence-corrected chi connectivity index (χ4v) is 3.50. The molecule has 0 heterocycles. The summed E-state index contributed by atoms with van der Waals surface area (Å²) in [6, 6.07) is 18.5. The van der Waals surface area contributed by atoms with Gasteiger partial charge in [0.25, 0.3) is 0 Å². The van der Waals surface area contributed by atoms with Crippen LogP contribution in [0, 0.1) is 12.7 Å². The molecule has 0 bridgehead atoms. The number of halogens is 1. The second-order valence-corrected chi connectivity index (χ2v) is 7.97. The van der Waals surface area contributed by atoms with E-state index < -0.39 is 0 Å². The van der Waals surface area contributed by atoms with Gasteiger partial charge in [-0.3, -0.25) is 4.99 Å². The Hall–Kier alpha value is -3.60. The lowest BCUT2D eigenvalue weighted by Gasteiger charge is -2.16. The highest BCUT2D eigenvalue weighted by molar-refractivity contribution is 6.02. The molecule has 5 heteroatoms. The van der Waals surface area contributed by atoms with Gasteiger partial charge in [0.1, 0.15) is 23.2 Å². The Morgan fingerprint density at radius 2 is 1.74 bits per heavy atom. The van der Waals surface area contributed by atoms with Gasteiger partial charge in [-0.15, -0.1) is 0 Å². The van der Waals surface area contributed by atoms with E-state index in [-0.39, 0.29) is 5.82 Å². The van der Waals surface area contributed by atoms with Gasteiger partial charge in [0.05, 0.1) is 20.3 Å². The van der Waals surface area contributed by atoms with Gasteiger partial charge in [0, 0.05) is 11.1 Å². The standard InChI is InChI=1S/C29H33FN2O2/c1-5-7-16-31-29(32-20-22-8-14-26(15-9-22)34-17-6-2)27-18-24(19-28(33-4)21(27)3)23-10-12-25(30)13-11-23/h7-16,18-19H,5-6,17,20H2,1-4H3,(H,31,32)/b16-7+. The van der Waals surface area contributed by atoms with Crippen molar-refractivity contribution in [1.82, 2.24) is 5.32 Å². The van der Waals surface area contributed by atoms with Gasteiger partial charge in [-0.05, 0) is 79.1 Å². The quantitative estimate of drug-likeness (QED) is 0.260. The molecule has 3 rings (SSSR count). The minimum absolute atomic E-state index is 0.261. The topological polar surface area (TPSA) is 42.9 Å². The van der Waals surface area contributed by atoms with Gasteiger partial charge < -0.3 is 14.8 Å². The van der Waals surface area contributed by atoms with Crippen molar-refractivity contribution in [3.05, 3.63) is 95.4 Å². The van der Waals surface area contributed by atoms with E-state index >= 15 is 0 Å².